The molecule has 0 bridgehead atoms. The maximum Gasteiger partial charge on any atom is 0.302 e. The molecule has 112 valence electrons. The Morgan fingerprint density at radius 3 is 2.40 bits per heavy atom. The summed E-state index contributed by atoms with van der Waals surface area (Å²) in [6, 6.07) is 10.4. The Bertz CT molecular complexity index is 369. The fourth-order valence-corrected chi connectivity index (χ4v) is 1.73. The molecule has 0 atom stereocenters. The standard InChI is InChI=1S/C14H21NO2.CH3NO/c1-3-15(14-9-5-4-6-10-14)11-7-8-12-17-13(2)16;2-1-3/h4-6,9-10H,3,7-8,11-12H2,1-2H3;1H,(H2,2,3). The second kappa shape index (κ2) is 12.0. The number of nitrogens with zero attached hydrogens (tertiary/aromatic N) is 1. The van der Waals surface area contributed by atoms with Crippen molar-refractivity contribution in [3.05, 3.63) is 30.3 Å². The Morgan fingerprint density at radius 1 is 1.30 bits per heavy atom. The SMILES string of the molecule is CCN(CCCCOC(C)=O)c1ccccc1.NC=O. The minimum atomic E-state index is -0.194. The Kier molecular flexibility index (Phi) is 10.8. The lowest BCUT2D eigenvalue weighted by atomic mass is 10.2. The van der Waals surface area contributed by atoms with Crippen LogP contribution in [0.3, 0.4) is 0 Å². The van der Waals surface area contributed by atoms with E-state index in [-0.39, 0.29) is 12.4 Å². The average Bonchev–Trinajstić information content (AvgIpc) is 2.44. The monoisotopic (exact) mass is 280 g/mol. The van der Waals surface area contributed by atoms with Gasteiger partial charge >= 0.3 is 5.97 Å². The molecule has 0 spiro atoms. The highest BCUT2D eigenvalue weighted by Gasteiger charge is 2.02. The quantitative estimate of drug-likeness (QED) is 0.471. The van der Waals surface area contributed by atoms with E-state index in [1.165, 1.54) is 12.6 Å². The molecule has 0 unspecified atom stereocenters. The summed E-state index contributed by atoms with van der Waals surface area (Å²) >= 11 is 0. The number of ether oxygens (including phenoxy) is 1. The van der Waals surface area contributed by atoms with Crippen LogP contribution in [0, 0.1) is 0 Å². The predicted octanol–water partition coefficient (Wildman–Crippen LogP) is 1.96. The molecule has 1 aromatic rings. The summed E-state index contributed by atoms with van der Waals surface area (Å²) in [7, 11) is 0. The Hall–Kier alpha value is -2.04. The lowest BCUT2D eigenvalue weighted by Crippen LogP contribution is -2.24. The lowest BCUT2D eigenvalue weighted by molar-refractivity contribution is -0.141. The van der Waals surface area contributed by atoms with Gasteiger partial charge in [-0.15, -0.1) is 0 Å². The molecule has 5 nitrogen and oxygen atoms in total. The number of primary amides is 1. The van der Waals surface area contributed by atoms with Crippen LogP contribution in [0.5, 0.6) is 0 Å². The number of unbranched alkanes of at least 4 members (excludes halogenated alkanes) is 1. The molecule has 1 rings (SSSR count). The van der Waals surface area contributed by atoms with Crippen LogP contribution in [-0.2, 0) is 14.3 Å². The number of rotatable bonds is 7. The first-order valence-electron chi connectivity index (χ1n) is 6.74. The lowest BCUT2D eigenvalue weighted by Gasteiger charge is -2.22. The number of benzene rings is 1. The van der Waals surface area contributed by atoms with E-state index in [2.05, 4.69) is 41.8 Å². The van der Waals surface area contributed by atoms with Gasteiger partial charge in [-0.2, -0.15) is 0 Å². The van der Waals surface area contributed by atoms with Gasteiger partial charge in [0.1, 0.15) is 0 Å². The molecule has 0 heterocycles. The number of carbonyl (C=O) groups is 2. The summed E-state index contributed by atoms with van der Waals surface area (Å²) in [5, 5.41) is 0. The van der Waals surface area contributed by atoms with Gasteiger partial charge in [0.25, 0.3) is 0 Å². The van der Waals surface area contributed by atoms with Crippen LogP contribution >= 0.6 is 0 Å². The average molecular weight is 280 g/mol. The van der Waals surface area contributed by atoms with E-state index < -0.39 is 0 Å². The summed E-state index contributed by atoms with van der Waals surface area (Å²) in [5.74, 6) is -0.194. The number of carbonyl (C=O) groups excluding carboxylic acids is 2. The molecule has 1 amide bonds. The normalized spacial score (nSPS) is 9.10. The van der Waals surface area contributed by atoms with E-state index in [9.17, 15) is 4.79 Å². The third-order valence-corrected chi connectivity index (χ3v) is 2.63. The van der Waals surface area contributed by atoms with Crippen LogP contribution in [-0.4, -0.2) is 32.1 Å². The molecule has 0 aliphatic heterocycles. The van der Waals surface area contributed by atoms with E-state index in [1.54, 1.807) is 0 Å². The molecule has 0 aliphatic rings. The highest BCUT2D eigenvalue weighted by molar-refractivity contribution is 5.65. The molecule has 0 radical (unpaired) electrons. The third-order valence-electron chi connectivity index (χ3n) is 2.63. The predicted molar refractivity (Wildman–Crippen MR) is 80.4 cm³/mol. The molecule has 0 saturated heterocycles. The van der Waals surface area contributed by atoms with Gasteiger partial charge in [-0.3, -0.25) is 9.59 Å². The topological polar surface area (TPSA) is 72.6 Å². The second-order valence-electron chi connectivity index (χ2n) is 4.10. The van der Waals surface area contributed by atoms with E-state index in [0.29, 0.717) is 6.61 Å². The van der Waals surface area contributed by atoms with Gasteiger partial charge in [-0.25, -0.2) is 0 Å². The molecular formula is C15H24N2O3. The molecule has 2 N–H and O–H groups in total. The number of para-hydroxylation sites is 1. The van der Waals surface area contributed by atoms with Crippen molar-refractivity contribution >= 4 is 18.1 Å². The number of hydrogen-bond acceptors (Lipinski definition) is 4. The minimum absolute atomic E-state index is 0.194. The fraction of sp³-hybridized carbons (Fsp3) is 0.467. The van der Waals surface area contributed by atoms with Crippen molar-refractivity contribution in [3.63, 3.8) is 0 Å². The zero-order valence-corrected chi connectivity index (χ0v) is 12.2. The molecule has 1 aromatic carbocycles. The first-order valence-corrected chi connectivity index (χ1v) is 6.74. The van der Waals surface area contributed by atoms with E-state index in [1.807, 2.05) is 6.07 Å². The van der Waals surface area contributed by atoms with Crippen LogP contribution in [0.4, 0.5) is 5.69 Å². The van der Waals surface area contributed by atoms with Gasteiger partial charge in [-0.1, -0.05) is 18.2 Å². The zero-order valence-electron chi connectivity index (χ0n) is 12.2. The summed E-state index contributed by atoms with van der Waals surface area (Å²) in [6.07, 6.45) is 2.21. The van der Waals surface area contributed by atoms with Crippen molar-refractivity contribution in [2.45, 2.75) is 26.7 Å². The number of amides is 1. The molecule has 5 heteroatoms. The van der Waals surface area contributed by atoms with Crippen molar-refractivity contribution < 1.29 is 14.3 Å². The largest absolute Gasteiger partial charge is 0.466 e. The van der Waals surface area contributed by atoms with Crippen molar-refractivity contribution in [2.75, 3.05) is 24.6 Å². The van der Waals surface area contributed by atoms with Crippen LogP contribution in [0.1, 0.15) is 26.7 Å². The molecular weight excluding hydrogens is 256 g/mol. The van der Waals surface area contributed by atoms with Crippen molar-refractivity contribution in [3.8, 4) is 0 Å². The summed E-state index contributed by atoms with van der Waals surface area (Å²) in [4.78, 5) is 21.5. The van der Waals surface area contributed by atoms with E-state index in [0.717, 1.165) is 25.9 Å². The smallest absolute Gasteiger partial charge is 0.302 e. The van der Waals surface area contributed by atoms with Gasteiger partial charge < -0.3 is 15.4 Å². The first kappa shape index (κ1) is 18.0. The Morgan fingerprint density at radius 2 is 1.90 bits per heavy atom. The van der Waals surface area contributed by atoms with Crippen LogP contribution < -0.4 is 10.6 Å². The Balaban J connectivity index is 0.00000110. The maximum atomic E-state index is 10.6. The van der Waals surface area contributed by atoms with Crippen molar-refractivity contribution in [1.82, 2.24) is 0 Å². The van der Waals surface area contributed by atoms with Gasteiger partial charge in [-0.05, 0) is 31.9 Å². The molecule has 0 aliphatic carbocycles. The van der Waals surface area contributed by atoms with Gasteiger partial charge in [0, 0.05) is 25.7 Å². The second-order valence-corrected chi connectivity index (χ2v) is 4.10. The summed E-state index contributed by atoms with van der Waals surface area (Å²) < 4.78 is 4.91. The van der Waals surface area contributed by atoms with Crippen LogP contribution in [0.2, 0.25) is 0 Å². The number of hydrogen-bond donors (Lipinski definition) is 1. The summed E-state index contributed by atoms with van der Waals surface area (Å²) in [6.45, 7) is 6.13. The Labute approximate surface area is 120 Å². The number of esters is 1. The van der Waals surface area contributed by atoms with Crippen molar-refractivity contribution in [2.24, 2.45) is 5.73 Å². The van der Waals surface area contributed by atoms with E-state index in [4.69, 9.17) is 9.53 Å². The van der Waals surface area contributed by atoms with Crippen LogP contribution in [0.25, 0.3) is 0 Å². The highest BCUT2D eigenvalue weighted by Crippen LogP contribution is 2.13. The summed E-state index contributed by atoms with van der Waals surface area (Å²) in [5.41, 5.74) is 5.42. The molecule has 0 fully saturated rings. The maximum absolute atomic E-state index is 10.6. The van der Waals surface area contributed by atoms with Crippen molar-refractivity contribution in [1.29, 1.82) is 0 Å². The molecule has 20 heavy (non-hydrogen) atoms. The number of nitrogens with two attached hydrogens (primary N) is 1. The molecule has 0 aromatic heterocycles. The highest BCUT2D eigenvalue weighted by atomic mass is 16.5. The van der Waals surface area contributed by atoms with Gasteiger partial charge in [0.05, 0.1) is 6.61 Å². The zero-order chi connectivity index (χ0) is 15.2. The fourth-order valence-electron chi connectivity index (χ4n) is 1.73. The van der Waals surface area contributed by atoms with E-state index >= 15 is 0 Å². The molecule has 0 saturated carbocycles. The third kappa shape index (κ3) is 8.97. The van der Waals surface area contributed by atoms with Gasteiger partial charge in [0.2, 0.25) is 6.41 Å². The minimum Gasteiger partial charge on any atom is -0.466 e. The van der Waals surface area contributed by atoms with Gasteiger partial charge in [0.15, 0.2) is 0 Å². The van der Waals surface area contributed by atoms with Crippen LogP contribution in [0.15, 0.2) is 30.3 Å². The number of anilines is 1. The first-order chi connectivity index (χ1) is 9.65.